The van der Waals surface area contributed by atoms with Crippen molar-refractivity contribution in [1.29, 1.82) is 0 Å². The van der Waals surface area contributed by atoms with Gasteiger partial charge >= 0.3 is 132 Å². The Morgan fingerprint density at radius 2 is 1.90 bits per heavy atom. The van der Waals surface area contributed by atoms with Crippen LogP contribution in [0, 0.1) is 0 Å². The summed E-state index contributed by atoms with van der Waals surface area (Å²) < 4.78 is 12.2. The summed E-state index contributed by atoms with van der Waals surface area (Å²) in [5, 5.41) is 0. The molecule has 1 heterocycles. The van der Waals surface area contributed by atoms with E-state index in [2.05, 4.69) is 24.3 Å². The van der Waals surface area contributed by atoms with Crippen molar-refractivity contribution in [3.8, 4) is 0 Å². The monoisotopic (exact) mass is 354 g/mol. The maximum atomic E-state index is 11.9. The van der Waals surface area contributed by atoms with Gasteiger partial charge in [0.25, 0.3) is 0 Å². The molecule has 21 heavy (non-hydrogen) atoms. The minimum atomic E-state index is -0.282. The molecule has 0 spiro atoms. The van der Waals surface area contributed by atoms with Gasteiger partial charge in [-0.1, -0.05) is 0 Å². The fourth-order valence-electron chi connectivity index (χ4n) is 2.37. The van der Waals surface area contributed by atoms with Crippen molar-refractivity contribution >= 4 is 25.4 Å². The molecule has 0 amide bonds. The summed E-state index contributed by atoms with van der Waals surface area (Å²) in [5.41, 5.74) is 0. The molecular weight excluding hydrogens is 331 g/mol. The van der Waals surface area contributed by atoms with Crippen LogP contribution in [-0.2, 0) is 14.3 Å². The zero-order valence-corrected chi connectivity index (χ0v) is 14.3. The number of cyclic esters (lactones) is 1. The molecule has 1 aliphatic heterocycles. The van der Waals surface area contributed by atoms with Gasteiger partial charge in [0.15, 0.2) is 0 Å². The van der Waals surface area contributed by atoms with E-state index in [0.717, 1.165) is 31.4 Å². The molecule has 0 saturated carbocycles. The van der Waals surface area contributed by atoms with E-state index in [1.54, 1.807) is 7.11 Å². The van der Waals surface area contributed by atoms with E-state index in [-0.39, 0.29) is 27.0 Å². The normalized spacial score (nSPS) is 26.4. The van der Waals surface area contributed by atoms with Crippen LogP contribution in [0.15, 0.2) is 42.2 Å². The summed E-state index contributed by atoms with van der Waals surface area (Å²) in [6, 6.07) is 10.4. The topological polar surface area (TPSA) is 35.5 Å². The van der Waals surface area contributed by atoms with Crippen molar-refractivity contribution < 1.29 is 14.3 Å². The average Bonchev–Trinajstić information content (AvgIpc) is 2.48. The van der Waals surface area contributed by atoms with Crippen molar-refractivity contribution in [2.45, 2.75) is 43.5 Å². The zero-order chi connectivity index (χ0) is 15.1. The van der Waals surface area contributed by atoms with Crippen LogP contribution in [0.3, 0.4) is 0 Å². The first-order valence-corrected chi connectivity index (χ1v) is 9.21. The number of methoxy groups -OCH3 is 1. The molecule has 2 rings (SSSR count). The first kappa shape index (κ1) is 16.1. The van der Waals surface area contributed by atoms with Crippen LogP contribution in [0.25, 0.3) is 0 Å². The summed E-state index contributed by atoms with van der Waals surface area (Å²) in [6.07, 6.45) is 5.76. The molecule has 0 aliphatic carbocycles. The molecule has 1 aliphatic rings. The Kier molecular flexibility index (Phi) is 6.34. The molecule has 0 aromatic heterocycles. The van der Waals surface area contributed by atoms with E-state index in [0.29, 0.717) is 4.82 Å². The molecule has 4 heteroatoms. The van der Waals surface area contributed by atoms with Crippen molar-refractivity contribution in [2.24, 2.45) is 0 Å². The van der Waals surface area contributed by atoms with Gasteiger partial charge in [0.1, 0.15) is 0 Å². The van der Waals surface area contributed by atoms with Crippen LogP contribution in [0.1, 0.15) is 32.6 Å². The molecule has 0 fully saturated rings. The second-order valence-corrected chi connectivity index (χ2v) is 7.88. The maximum absolute atomic E-state index is 11.9. The van der Waals surface area contributed by atoms with Gasteiger partial charge in [0, 0.05) is 0 Å². The number of ether oxygens (including phenoxy) is 2. The first-order valence-electron chi connectivity index (χ1n) is 7.37. The molecule has 2 atom stereocenters. The fourth-order valence-corrected chi connectivity index (χ4v) is 4.91. The molecule has 0 N–H and O–H groups in total. The number of allylic oxidation sites excluding steroid dienone is 1. The Hall–Kier alpha value is -1.25. The van der Waals surface area contributed by atoms with E-state index in [9.17, 15) is 4.79 Å². The number of esters is 1. The molecule has 1 aromatic rings. The van der Waals surface area contributed by atoms with Crippen LogP contribution in [0.5, 0.6) is 0 Å². The van der Waals surface area contributed by atoms with Gasteiger partial charge in [-0.25, -0.2) is 0 Å². The summed E-state index contributed by atoms with van der Waals surface area (Å²) in [7, 11) is 1.64. The van der Waals surface area contributed by atoms with Gasteiger partial charge in [0.2, 0.25) is 0 Å². The standard InChI is InChI=1S/C17H22O3Se/c1-13-8-6-7-11-16(15(19-2)12-17(18)20-13)21-14-9-4-3-5-10-14/h3-5,9-10,12-13,16H,6-8,11H2,1-2H3/b15-12+. The van der Waals surface area contributed by atoms with Gasteiger partial charge in [-0.2, -0.15) is 0 Å². The van der Waals surface area contributed by atoms with Gasteiger partial charge < -0.3 is 0 Å². The number of benzene rings is 1. The number of hydrogen-bond acceptors (Lipinski definition) is 3. The predicted molar refractivity (Wildman–Crippen MR) is 84.7 cm³/mol. The minimum absolute atomic E-state index is 0.0111. The summed E-state index contributed by atoms with van der Waals surface area (Å²) in [5.74, 6) is 0.480. The Morgan fingerprint density at radius 1 is 1.19 bits per heavy atom. The van der Waals surface area contributed by atoms with E-state index < -0.39 is 0 Å². The van der Waals surface area contributed by atoms with Crippen molar-refractivity contribution in [3.63, 3.8) is 0 Å². The van der Waals surface area contributed by atoms with E-state index in [1.807, 2.05) is 13.0 Å². The SMILES string of the molecule is CO/C1=C/C(=O)OC(C)CCCCC1[Se]c1ccccc1. The van der Waals surface area contributed by atoms with Gasteiger partial charge in [-0.15, -0.1) is 0 Å². The Morgan fingerprint density at radius 3 is 2.62 bits per heavy atom. The average molecular weight is 353 g/mol. The third-order valence-electron chi connectivity index (χ3n) is 3.48. The molecule has 2 unspecified atom stereocenters. The van der Waals surface area contributed by atoms with Crippen LogP contribution >= 0.6 is 0 Å². The molecular formula is C17H22O3Se. The quantitative estimate of drug-likeness (QED) is 0.619. The molecule has 0 radical (unpaired) electrons. The fraction of sp³-hybridized carbons (Fsp3) is 0.471. The van der Waals surface area contributed by atoms with Crippen molar-refractivity contribution in [1.82, 2.24) is 0 Å². The second kappa shape index (κ2) is 8.26. The third kappa shape index (κ3) is 5.22. The van der Waals surface area contributed by atoms with Gasteiger partial charge in [-0.05, 0) is 0 Å². The van der Waals surface area contributed by atoms with Gasteiger partial charge in [-0.3, -0.25) is 0 Å². The third-order valence-corrected chi connectivity index (χ3v) is 6.20. The van der Waals surface area contributed by atoms with E-state index >= 15 is 0 Å². The molecule has 0 bridgehead atoms. The predicted octanol–water partition coefficient (Wildman–Crippen LogP) is 2.84. The van der Waals surface area contributed by atoms with E-state index in [1.165, 1.54) is 10.5 Å². The van der Waals surface area contributed by atoms with Crippen LogP contribution in [-0.4, -0.2) is 34.1 Å². The Balaban J connectivity index is 2.16. The number of carbonyl (C=O) groups is 1. The van der Waals surface area contributed by atoms with Crippen molar-refractivity contribution in [2.75, 3.05) is 7.11 Å². The summed E-state index contributed by atoms with van der Waals surface area (Å²) >= 11 is 0.258. The van der Waals surface area contributed by atoms with E-state index in [4.69, 9.17) is 9.47 Å². The van der Waals surface area contributed by atoms with Gasteiger partial charge in [0.05, 0.1) is 0 Å². The van der Waals surface area contributed by atoms with Crippen molar-refractivity contribution in [3.05, 3.63) is 42.2 Å². The zero-order valence-electron chi connectivity index (χ0n) is 12.6. The van der Waals surface area contributed by atoms with Crippen LogP contribution in [0.4, 0.5) is 0 Å². The summed E-state index contributed by atoms with van der Waals surface area (Å²) in [6.45, 7) is 1.95. The van der Waals surface area contributed by atoms with Crippen LogP contribution < -0.4 is 4.46 Å². The number of rotatable bonds is 3. The number of hydrogen-bond donors (Lipinski definition) is 0. The first-order chi connectivity index (χ1) is 10.2. The summed E-state index contributed by atoms with van der Waals surface area (Å²) in [4.78, 5) is 12.2. The Bertz CT molecular complexity index is 484. The molecule has 3 nitrogen and oxygen atoms in total. The second-order valence-electron chi connectivity index (χ2n) is 5.20. The molecule has 114 valence electrons. The Labute approximate surface area is 132 Å². The number of carbonyl (C=O) groups excluding carboxylic acids is 1. The molecule has 1 aromatic carbocycles. The van der Waals surface area contributed by atoms with Crippen LogP contribution in [0.2, 0.25) is 4.82 Å². The molecule has 0 saturated heterocycles.